The molecular weight excluding hydrogens is 507 g/mol. The van der Waals surface area contributed by atoms with Crippen LogP contribution in [0, 0.1) is 0 Å². The first-order valence-corrected chi connectivity index (χ1v) is 9.03. The molecule has 0 amide bonds. The maximum atomic E-state index is 10.8. The summed E-state index contributed by atoms with van der Waals surface area (Å²) >= 11 is 54.8. The summed E-state index contributed by atoms with van der Waals surface area (Å²) in [4.78, 5) is 10.8. The zero-order valence-electron chi connectivity index (χ0n) is 10.8. The zero-order valence-corrected chi connectivity index (χ0v) is 17.6. The van der Waals surface area contributed by atoms with Crippen LogP contribution in [0.25, 0.3) is 11.1 Å². The SMILES string of the molecule is O=COc1c(Cl)c(Cl)c(Cl)c(Cl)c1-c1c(Cl)c(Cl)c(Cl)c(Cl)c1Cl. The van der Waals surface area contributed by atoms with Crippen molar-refractivity contribution in [3.05, 3.63) is 45.2 Å². The van der Waals surface area contributed by atoms with Crippen LogP contribution in [-0.2, 0) is 4.79 Å². The van der Waals surface area contributed by atoms with E-state index in [1.165, 1.54) is 0 Å². The Bertz CT molecular complexity index is 835. The molecule has 0 aliphatic rings. The number of rotatable bonds is 3. The number of halogens is 9. The quantitative estimate of drug-likeness (QED) is 0.235. The molecule has 0 aliphatic carbocycles. The van der Waals surface area contributed by atoms with Gasteiger partial charge in [0.2, 0.25) is 0 Å². The first-order valence-electron chi connectivity index (χ1n) is 5.63. The van der Waals surface area contributed by atoms with Crippen molar-refractivity contribution in [2.75, 3.05) is 0 Å². The molecule has 0 heterocycles. The average Bonchev–Trinajstić information content (AvgIpc) is 2.56. The monoisotopic (exact) mass is 504 g/mol. The summed E-state index contributed by atoms with van der Waals surface area (Å²) in [7, 11) is 0. The molecular formula is C13HCl9O2. The summed E-state index contributed by atoms with van der Waals surface area (Å²) in [6.07, 6.45) is 0. The minimum atomic E-state index is -0.218. The fraction of sp³-hybridized carbons (Fsp3) is 0. The van der Waals surface area contributed by atoms with Gasteiger partial charge in [-0.1, -0.05) is 104 Å². The van der Waals surface area contributed by atoms with E-state index in [-0.39, 0.29) is 68.6 Å². The van der Waals surface area contributed by atoms with E-state index in [0.29, 0.717) is 0 Å². The van der Waals surface area contributed by atoms with E-state index in [9.17, 15) is 4.79 Å². The van der Waals surface area contributed by atoms with Gasteiger partial charge < -0.3 is 4.74 Å². The highest BCUT2D eigenvalue weighted by atomic mass is 35.5. The number of benzene rings is 2. The van der Waals surface area contributed by atoms with Gasteiger partial charge in [-0.3, -0.25) is 4.79 Å². The van der Waals surface area contributed by atoms with Crippen LogP contribution in [0.3, 0.4) is 0 Å². The van der Waals surface area contributed by atoms with Crippen molar-refractivity contribution in [1.29, 1.82) is 0 Å². The second-order valence-corrected chi connectivity index (χ2v) is 7.52. The van der Waals surface area contributed by atoms with Crippen LogP contribution in [0.1, 0.15) is 0 Å². The highest BCUT2D eigenvalue weighted by Crippen LogP contribution is 2.56. The van der Waals surface area contributed by atoms with E-state index < -0.39 is 0 Å². The second kappa shape index (κ2) is 8.04. The summed E-state index contributed by atoms with van der Waals surface area (Å²) in [5.74, 6) is -0.218. The predicted octanol–water partition coefficient (Wildman–Crippen LogP) is 8.77. The van der Waals surface area contributed by atoms with Gasteiger partial charge in [0.1, 0.15) is 5.02 Å². The highest BCUT2D eigenvalue weighted by Gasteiger charge is 2.29. The van der Waals surface area contributed by atoms with Gasteiger partial charge in [0.25, 0.3) is 6.47 Å². The zero-order chi connectivity index (χ0) is 18.3. The molecule has 2 aromatic carbocycles. The van der Waals surface area contributed by atoms with Gasteiger partial charge in [-0.05, 0) is 0 Å². The summed E-state index contributed by atoms with van der Waals surface area (Å²) in [6.45, 7) is 0.117. The molecule has 0 N–H and O–H groups in total. The van der Waals surface area contributed by atoms with E-state index in [4.69, 9.17) is 109 Å². The Labute approximate surface area is 181 Å². The standard InChI is InChI=1S/C13HCl9O2/c14-4-2(5(15)8(18)10(20)7(4)17)3-6(16)9(19)11(21)12(22)13(3)24-1-23/h1H. The molecule has 0 saturated carbocycles. The van der Waals surface area contributed by atoms with E-state index >= 15 is 0 Å². The van der Waals surface area contributed by atoms with E-state index in [2.05, 4.69) is 0 Å². The highest BCUT2D eigenvalue weighted by molar-refractivity contribution is 6.58. The predicted molar refractivity (Wildman–Crippen MR) is 104 cm³/mol. The molecule has 2 rings (SSSR count). The van der Waals surface area contributed by atoms with E-state index in [0.717, 1.165) is 0 Å². The van der Waals surface area contributed by atoms with Gasteiger partial charge in [-0.2, -0.15) is 0 Å². The number of carbonyl (C=O) groups excluding carboxylic acids is 1. The Morgan fingerprint density at radius 1 is 0.500 bits per heavy atom. The first-order chi connectivity index (χ1) is 11.1. The lowest BCUT2D eigenvalue weighted by molar-refractivity contribution is -0.120. The van der Waals surface area contributed by atoms with Crippen LogP contribution in [0.5, 0.6) is 5.75 Å². The molecule has 0 atom stereocenters. The van der Waals surface area contributed by atoms with Gasteiger partial charge in [-0.25, -0.2) is 0 Å². The topological polar surface area (TPSA) is 26.3 Å². The molecule has 0 saturated heterocycles. The van der Waals surface area contributed by atoms with Gasteiger partial charge in [0.05, 0.1) is 40.2 Å². The van der Waals surface area contributed by atoms with E-state index in [1.807, 2.05) is 0 Å². The molecule has 24 heavy (non-hydrogen) atoms. The van der Waals surface area contributed by atoms with Crippen molar-refractivity contribution in [1.82, 2.24) is 0 Å². The van der Waals surface area contributed by atoms with Gasteiger partial charge in [0, 0.05) is 11.1 Å². The minimum absolute atomic E-state index is 0.0152. The van der Waals surface area contributed by atoms with Gasteiger partial charge in [-0.15, -0.1) is 0 Å². The third-order valence-corrected chi connectivity index (χ3v) is 6.91. The van der Waals surface area contributed by atoms with Crippen molar-refractivity contribution >= 4 is 111 Å². The molecule has 0 aliphatic heterocycles. The van der Waals surface area contributed by atoms with Crippen molar-refractivity contribution < 1.29 is 9.53 Å². The van der Waals surface area contributed by atoms with Crippen LogP contribution in [0.4, 0.5) is 0 Å². The lowest BCUT2D eigenvalue weighted by Gasteiger charge is -2.18. The second-order valence-electron chi connectivity index (χ2n) is 4.12. The molecule has 2 nitrogen and oxygen atoms in total. The summed E-state index contributed by atoms with van der Waals surface area (Å²) in [5.41, 5.74) is 0.0127. The van der Waals surface area contributed by atoms with Crippen molar-refractivity contribution in [2.24, 2.45) is 0 Å². The van der Waals surface area contributed by atoms with Crippen LogP contribution in [0.2, 0.25) is 45.2 Å². The molecule has 128 valence electrons. The summed E-state index contributed by atoms with van der Waals surface area (Å²) in [6, 6.07) is 0. The van der Waals surface area contributed by atoms with Gasteiger partial charge >= 0.3 is 0 Å². The van der Waals surface area contributed by atoms with Crippen molar-refractivity contribution in [3.63, 3.8) is 0 Å². The Balaban J connectivity index is 3.06. The Kier molecular flexibility index (Phi) is 6.98. The lowest BCUT2D eigenvalue weighted by Crippen LogP contribution is -1.97. The number of carbonyl (C=O) groups is 1. The van der Waals surface area contributed by atoms with Crippen LogP contribution < -0.4 is 4.74 Å². The van der Waals surface area contributed by atoms with Gasteiger partial charge in [0.15, 0.2) is 5.75 Å². The fourth-order valence-corrected chi connectivity index (χ4v) is 4.12. The van der Waals surface area contributed by atoms with Crippen LogP contribution in [0.15, 0.2) is 0 Å². The van der Waals surface area contributed by atoms with Crippen LogP contribution >= 0.6 is 104 Å². The summed E-state index contributed by atoms with van der Waals surface area (Å²) < 4.78 is 4.88. The molecule has 0 aromatic heterocycles. The minimum Gasteiger partial charge on any atom is -0.426 e. The normalized spacial score (nSPS) is 10.9. The molecule has 0 radical (unpaired) electrons. The molecule has 0 unspecified atom stereocenters. The Hall–Kier alpha value is 0.520. The number of hydrogen-bond acceptors (Lipinski definition) is 2. The third kappa shape index (κ3) is 3.38. The number of ether oxygens (including phenoxy) is 1. The molecule has 0 spiro atoms. The summed E-state index contributed by atoms with van der Waals surface area (Å²) in [5, 5.41) is -0.948. The Morgan fingerprint density at radius 2 is 0.833 bits per heavy atom. The third-order valence-electron chi connectivity index (χ3n) is 2.85. The Morgan fingerprint density at radius 3 is 1.25 bits per heavy atom. The van der Waals surface area contributed by atoms with Crippen LogP contribution in [-0.4, -0.2) is 6.47 Å². The number of hydrogen-bond donors (Lipinski definition) is 0. The largest absolute Gasteiger partial charge is 0.426 e. The maximum Gasteiger partial charge on any atom is 0.298 e. The lowest BCUT2D eigenvalue weighted by atomic mass is 10.0. The first kappa shape index (κ1) is 20.8. The molecule has 2 aromatic rings. The van der Waals surface area contributed by atoms with Crippen molar-refractivity contribution in [3.8, 4) is 16.9 Å². The smallest absolute Gasteiger partial charge is 0.298 e. The molecule has 0 bridgehead atoms. The van der Waals surface area contributed by atoms with Crippen molar-refractivity contribution in [2.45, 2.75) is 0 Å². The average molecular weight is 508 g/mol. The molecule has 11 heteroatoms. The fourth-order valence-electron chi connectivity index (χ4n) is 1.82. The van der Waals surface area contributed by atoms with E-state index in [1.54, 1.807) is 0 Å². The molecule has 0 fully saturated rings. The maximum absolute atomic E-state index is 10.8.